The normalized spacial score (nSPS) is 27.5. The maximum Gasteiger partial charge on any atom is 0.308 e. The van der Waals surface area contributed by atoms with Crippen molar-refractivity contribution in [2.75, 3.05) is 13.2 Å². The van der Waals surface area contributed by atoms with Gasteiger partial charge in [-0.1, -0.05) is 96.9 Å². The van der Waals surface area contributed by atoms with E-state index >= 15 is 0 Å². The summed E-state index contributed by atoms with van der Waals surface area (Å²) in [4.78, 5) is 91.6. The Bertz CT molecular complexity index is 1420. The van der Waals surface area contributed by atoms with Crippen LogP contribution in [-0.4, -0.2) is 122 Å². The number of ether oxygens (including phenoxy) is 10. The van der Waals surface area contributed by atoms with Crippen LogP contribution in [0.15, 0.2) is 0 Å². The Hall–Kier alpha value is -3.87. The molecule has 1 unspecified atom stereocenters. The van der Waals surface area contributed by atoms with Gasteiger partial charge in [0.15, 0.2) is 43.1 Å². The quantitative estimate of drug-likeness (QED) is 0.154. The molecule has 2 saturated heterocycles. The molecule has 2 fully saturated rings. The van der Waals surface area contributed by atoms with Crippen molar-refractivity contribution in [2.24, 2.45) is 41.4 Å². The molecule has 18 heteroatoms. The number of aliphatic hydroxyl groups is 1. The standard InChI is InChI=1S/C40H64O18/c1-17(2)32(41)49-15-24-27(28(54-35(44)20(7)8)30(39(48)51-24)56-37(46)22(11)12)58-40-31(57-38(47)23(13)14)29(55-36(45)21(9)10)26(53-34(43)19(5)6)25(52-40)16-50-33(42)18(3)4/h17-31,39-40,48H,15-16H2,1-14H3/t24-,25-,26+,27-,28+,29+,30-,31-,39?,40+/m1/s1. The van der Waals surface area contributed by atoms with Crippen molar-refractivity contribution in [3.63, 3.8) is 0 Å². The molecule has 0 aromatic heterocycles. The first-order valence-corrected chi connectivity index (χ1v) is 19.9. The Morgan fingerprint density at radius 2 is 0.690 bits per heavy atom. The summed E-state index contributed by atoms with van der Waals surface area (Å²) in [7, 11) is 0. The van der Waals surface area contributed by atoms with Gasteiger partial charge in [0.05, 0.1) is 41.4 Å². The van der Waals surface area contributed by atoms with E-state index in [1.165, 1.54) is 41.5 Å². The Balaban J connectivity index is 2.93. The van der Waals surface area contributed by atoms with Gasteiger partial charge in [0, 0.05) is 0 Å². The molecule has 2 heterocycles. The van der Waals surface area contributed by atoms with Gasteiger partial charge in [-0.2, -0.15) is 0 Å². The van der Waals surface area contributed by atoms with E-state index in [1.807, 2.05) is 0 Å². The highest BCUT2D eigenvalue weighted by atomic mass is 16.8. The molecule has 332 valence electrons. The number of rotatable bonds is 18. The van der Waals surface area contributed by atoms with E-state index in [9.17, 15) is 38.7 Å². The molecule has 0 saturated carbocycles. The number of hydrogen-bond acceptors (Lipinski definition) is 18. The number of carbonyl (C=O) groups is 7. The SMILES string of the molecule is CC(C)C(=O)OC[C@H]1O[C@@H](O[C@H]2[C@H](OC(=O)C(C)C)[C@@H](OC(=O)C(C)C)C(O)O[C@@H]2COC(=O)C(C)C)[C@H](OC(=O)C(C)C)[C@@H](OC(=O)C(C)C)[C@H]1OC(=O)C(C)C. The predicted molar refractivity (Wildman–Crippen MR) is 200 cm³/mol. The van der Waals surface area contributed by atoms with Crippen molar-refractivity contribution in [1.82, 2.24) is 0 Å². The van der Waals surface area contributed by atoms with E-state index < -0.39 is 158 Å². The molecule has 0 bridgehead atoms. The van der Waals surface area contributed by atoms with E-state index in [1.54, 1.807) is 55.4 Å². The molecule has 0 radical (unpaired) electrons. The summed E-state index contributed by atoms with van der Waals surface area (Å²) in [6.07, 6.45) is -16.8. The first kappa shape index (κ1) is 50.3. The highest BCUT2D eigenvalue weighted by Crippen LogP contribution is 2.36. The van der Waals surface area contributed by atoms with Crippen LogP contribution >= 0.6 is 0 Å². The lowest BCUT2D eigenvalue weighted by Crippen LogP contribution is -2.67. The summed E-state index contributed by atoms with van der Waals surface area (Å²) in [6.45, 7) is 20.6. The summed E-state index contributed by atoms with van der Waals surface area (Å²) in [6, 6.07) is 0. The van der Waals surface area contributed by atoms with E-state index in [2.05, 4.69) is 0 Å². The lowest BCUT2D eigenvalue weighted by molar-refractivity contribution is -0.358. The first-order chi connectivity index (χ1) is 26.9. The third kappa shape index (κ3) is 14.2. The Labute approximate surface area is 340 Å². The van der Waals surface area contributed by atoms with Crippen LogP contribution in [0, 0.1) is 41.4 Å². The Morgan fingerprint density at radius 1 is 0.397 bits per heavy atom. The van der Waals surface area contributed by atoms with Gasteiger partial charge in [-0.05, 0) is 0 Å². The molecule has 58 heavy (non-hydrogen) atoms. The molecule has 0 aliphatic carbocycles. The van der Waals surface area contributed by atoms with Crippen LogP contribution < -0.4 is 0 Å². The number of esters is 7. The summed E-state index contributed by atoms with van der Waals surface area (Å²) in [5.41, 5.74) is 0. The molecule has 0 amide bonds. The zero-order valence-electron chi connectivity index (χ0n) is 36.1. The molecule has 0 spiro atoms. The second kappa shape index (κ2) is 22.5. The van der Waals surface area contributed by atoms with Crippen LogP contribution in [0.4, 0.5) is 0 Å². The molecule has 1 N–H and O–H groups in total. The van der Waals surface area contributed by atoms with Gasteiger partial charge in [0.2, 0.25) is 0 Å². The van der Waals surface area contributed by atoms with Crippen molar-refractivity contribution < 1.29 is 86.0 Å². The molecular formula is C40H64O18. The van der Waals surface area contributed by atoms with E-state index in [-0.39, 0.29) is 0 Å². The van der Waals surface area contributed by atoms with Crippen molar-refractivity contribution in [3.05, 3.63) is 0 Å². The van der Waals surface area contributed by atoms with Crippen LogP contribution in [-0.2, 0) is 80.9 Å². The summed E-state index contributed by atoms with van der Waals surface area (Å²) >= 11 is 0. The number of carbonyl (C=O) groups excluding carboxylic acids is 7. The van der Waals surface area contributed by atoms with Crippen molar-refractivity contribution >= 4 is 41.8 Å². The van der Waals surface area contributed by atoms with Gasteiger partial charge in [-0.3, -0.25) is 33.6 Å². The zero-order chi connectivity index (χ0) is 44.3. The smallest absolute Gasteiger partial charge is 0.308 e. The number of hydrogen-bond donors (Lipinski definition) is 1. The Kier molecular flexibility index (Phi) is 19.5. The third-order valence-electron chi connectivity index (χ3n) is 8.83. The first-order valence-electron chi connectivity index (χ1n) is 19.9. The van der Waals surface area contributed by atoms with Crippen LogP contribution in [0.3, 0.4) is 0 Å². The van der Waals surface area contributed by atoms with Gasteiger partial charge in [-0.25, -0.2) is 0 Å². The van der Waals surface area contributed by atoms with Gasteiger partial charge < -0.3 is 52.5 Å². The zero-order valence-corrected chi connectivity index (χ0v) is 36.1. The minimum absolute atomic E-state index is 0.580. The molecular weight excluding hydrogens is 768 g/mol. The summed E-state index contributed by atoms with van der Waals surface area (Å²) in [5.74, 6) is -10.2. The third-order valence-corrected chi connectivity index (χ3v) is 8.83. The number of aliphatic hydroxyl groups excluding tert-OH is 1. The topological polar surface area (TPSA) is 232 Å². The average Bonchev–Trinajstić information content (AvgIpc) is 3.13. The molecule has 2 aliphatic heterocycles. The van der Waals surface area contributed by atoms with Gasteiger partial charge >= 0.3 is 41.8 Å². The van der Waals surface area contributed by atoms with Crippen LogP contribution in [0.5, 0.6) is 0 Å². The summed E-state index contributed by atoms with van der Waals surface area (Å²) in [5, 5.41) is 11.2. The lowest BCUT2D eigenvalue weighted by Gasteiger charge is -2.48. The fourth-order valence-corrected chi connectivity index (χ4v) is 5.14. The second-order valence-corrected chi connectivity index (χ2v) is 16.6. The molecule has 0 aromatic carbocycles. The van der Waals surface area contributed by atoms with Gasteiger partial charge in [0.25, 0.3) is 0 Å². The largest absolute Gasteiger partial charge is 0.463 e. The molecule has 18 nitrogen and oxygen atoms in total. The minimum atomic E-state index is -1.94. The van der Waals surface area contributed by atoms with Crippen LogP contribution in [0.1, 0.15) is 96.9 Å². The monoisotopic (exact) mass is 832 g/mol. The van der Waals surface area contributed by atoms with Gasteiger partial charge in [0.1, 0.15) is 31.5 Å². The van der Waals surface area contributed by atoms with Crippen molar-refractivity contribution in [2.45, 2.75) is 158 Å². The lowest BCUT2D eigenvalue weighted by atomic mass is 9.95. The van der Waals surface area contributed by atoms with Crippen LogP contribution in [0.2, 0.25) is 0 Å². The summed E-state index contributed by atoms with van der Waals surface area (Å²) < 4.78 is 58.9. The fourth-order valence-electron chi connectivity index (χ4n) is 5.14. The Morgan fingerprint density at radius 3 is 1.05 bits per heavy atom. The van der Waals surface area contributed by atoms with E-state index in [0.717, 1.165) is 0 Å². The average molecular weight is 833 g/mol. The minimum Gasteiger partial charge on any atom is -0.463 e. The van der Waals surface area contributed by atoms with E-state index in [4.69, 9.17) is 47.4 Å². The second-order valence-electron chi connectivity index (χ2n) is 16.6. The highest BCUT2D eigenvalue weighted by molar-refractivity contribution is 5.75. The molecule has 2 rings (SSSR count). The molecule has 10 atom stereocenters. The predicted octanol–water partition coefficient (Wildman–Crippen LogP) is 3.05. The maximum atomic E-state index is 13.4. The molecule has 0 aromatic rings. The van der Waals surface area contributed by atoms with Crippen molar-refractivity contribution in [1.29, 1.82) is 0 Å². The van der Waals surface area contributed by atoms with Crippen molar-refractivity contribution in [3.8, 4) is 0 Å². The van der Waals surface area contributed by atoms with Crippen LogP contribution in [0.25, 0.3) is 0 Å². The molecule has 2 aliphatic rings. The van der Waals surface area contributed by atoms with Gasteiger partial charge in [-0.15, -0.1) is 0 Å². The fraction of sp³-hybridized carbons (Fsp3) is 0.825. The highest BCUT2D eigenvalue weighted by Gasteiger charge is 2.58. The maximum absolute atomic E-state index is 13.4. The van der Waals surface area contributed by atoms with E-state index in [0.29, 0.717) is 0 Å².